The zero-order valence-electron chi connectivity index (χ0n) is 15.9. The standard InChI is InChI=1S/C21H21F2N3O3/c1-28-7-8-29-12-16-14(3-2-4-17(16)22)13-5-6-20-24-19(11-26(20)10-13)25-21(27)15-9-18(15)23/h2-6,10-11,15,18H,7-9,12H2,1H3,(H,25,27). The number of fused-ring (bicyclic) bond motifs is 1. The minimum absolute atomic E-state index is 0.125. The van der Waals surface area contributed by atoms with Crippen molar-refractivity contribution in [2.45, 2.75) is 19.2 Å². The van der Waals surface area contributed by atoms with E-state index in [1.54, 1.807) is 36.0 Å². The molecule has 1 aliphatic rings. The quantitative estimate of drug-likeness (QED) is 0.586. The van der Waals surface area contributed by atoms with Crippen molar-refractivity contribution < 1.29 is 23.0 Å². The van der Waals surface area contributed by atoms with Gasteiger partial charge in [-0.25, -0.2) is 13.8 Å². The van der Waals surface area contributed by atoms with Crippen molar-refractivity contribution in [2.75, 3.05) is 25.6 Å². The molecule has 152 valence electrons. The van der Waals surface area contributed by atoms with Crippen LogP contribution in [0.5, 0.6) is 0 Å². The zero-order chi connectivity index (χ0) is 20.4. The van der Waals surface area contributed by atoms with Crippen LogP contribution in [0, 0.1) is 11.7 Å². The summed E-state index contributed by atoms with van der Waals surface area (Å²) in [6, 6.07) is 8.49. The molecule has 0 aliphatic heterocycles. The topological polar surface area (TPSA) is 64.9 Å². The number of amides is 1. The average Bonchev–Trinajstić information content (AvgIpc) is 3.31. The van der Waals surface area contributed by atoms with Crippen LogP contribution in [-0.2, 0) is 20.9 Å². The number of pyridine rings is 1. The Balaban J connectivity index is 1.57. The highest BCUT2D eigenvalue weighted by Crippen LogP contribution is 2.34. The molecule has 2 atom stereocenters. The number of aromatic nitrogens is 2. The van der Waals surface area contributed by atoms with E-state index in [1.165, 1.54) is 6.07 Å². The molecule has 0 bridgehead atoms. The third-order valence-electron chi connectivity index (χ3n) is 4.86. The van der Waals surface area contributed by atoms with Gasteiger partial charge < -0.3 is 19.2 Å². The van der Waals surface area contributed by atoms with E-state index in [1.807, 2.05) is 12.1 Å². The van der Waals surface area contributed by atoms with Crippen molar-refractivity contribution in [3.05, 3.63) is 54.1 Å². The number of imidazole rings is 1. The van der Waals surface area contributed by atoms with Gasteiger partial charge in [-0.2, -0.15) is 0 Å². The number of ether oxygens (including phenoxy) is 2. The second kappa shape index (κ2) is 8.26. The van der Waals surface area contributed by atoms with Crippen LogP contribution in [-0.4, -0.2) is 41.8 Å². The summed E-state index contributed by atoms with van der Waals surface area (Å²) in [6.45, 7) is 0.929. The molecule has 0 saturated heterocycles. The predicted molar refractivity (Wildman–Crippen MR) is 104 cm³/mol. The van der Waals surface area contributed by atoms with Crippen molar-refractivity contribution in [3.8, 4) is 11.1 Å². The van der Waals surface area contributed by atoms with Gasteiger partial charge in [0.05, 0.1) is 31.9 Å². The summed E-state index contributed by atoms with van der Waals surface area (Å²) in [5.74, 6) is -0.928. The molecule has 1 aliphatic carbocycles. The molecule has 1 saturated carbocycles. The maximum Gasteiger partial charge on any atom is 0.231 e. The highest BCUT2D eigenvalue weighted by Gasteiger charge is 2.43. The highest BCUT2D eigenvalue weighted by molar-refractivity contribution is 5.94. The molecule has 6 nitrogen and oxygen atoms in total. The summed E-state index contributed by atoms with van der Waals surface area (Å²) in [6.07, 6.45) is 2.66. The van der Waals surface area contributed by atoms with Crippen LogP contribution in [0.1, 0.15) is 12.0 Å². The predicted octanol–water partition coefficient (Wildman–Crippen LogP) is 3.60. The molecule has 4 rings (SSSR count). The van der Waals surface area contributed by atoms with Gasteiger partial charge in [0.15, 0.2) is 5.82 Å². The molecule has 1 aromatic carbocycles. The van der Waals surface area contributed by atoms with Gasteiger partial charge in [0.1, 0.15) is 17.6 Å². The van der Waals surface area contributed by atoms with E-state index in [2.05, 4.69) is 10.3 Å². The smallest absolute Gasteiger partial charge is 0.231 e. The van der Waals surface area contributed by atoms with E-state index < -0.39 is 12.1 Å². The molecule has 3 aromatic rings. The van der Waals surface area contributed by atoms with E-state index in [0.717, 1.165) is 5.56 Å². The fraction of sp³-hybridized carbons (Fsp3) is 0.333. The maximum absolute atomic E-state index is 14.4. The molecule has 8 heteroatoms. The number of halogens is 2. The Morgan fingerprint density at radius 1 is 1.28 bits per heavy atom. The number of rotatable bonds is 8. The largest absolute Gasteiger partial charge is 0.382 e. The summed E-state index contributed by atoms with van der Waals surface area (Å²) in [5.41, 5.74) is 2.57. The van der Waals surface area contributed by atoms with Crippen LogP contribution in [0.3, 0.4) is 0 Å². The molecule has 1 amide bonds. The second-order valence-corrected chi connectivity index (χ2v) is 6.97. The Morgan fingerprint density at radius 3 is 2.86 bits per heavy atom. The van der Waals surface area contributed by atoms with Gasteiger partial charge in [-0.15, -0.1) is 0 Å². The number of hydrogen-bond donors (Lipinski definition) is 1. The summed E-state index contributed by atoms with van der Waals surface area (Å²) < 4.78 is 39.7. The van der Waals surface area contributed by atoms with Crippen molar-refractivity contribution in [1.82, 2.24) is 9.38 Å². The number of nitrogens with one attached hydrogen (secondary N) is 1. The third kappa shape index (κ3) is 4.28. The van der Waals surface area contributed by atoms with E-state index in [-0.39, 0.29) is 24.8 Å². The van der Waals surface area contributed by atoms with Crippen molar-refractivity contribution in [2.24, 2.45) is 5.92 Å². The number of methoxy groups -OCH3 is 1. The first-order chi connectivity index (χ1) is 14.1. The Labute approximate surface area is 166 Å². The van der Waals surface area contributed by atoms with Gasteiger partial charge in [0.25, 0.3) is 0 Å². The summed E-state index contributed by atoms with van der Waals surface area (Å²) in [7, 11) is 1.58. The van der Waals surface area contributed by atoms with Crippen LogP contribution in [0.15, 0.2) is 42.7 Å². The van der Waals surface area contributed by atoms with Gasteiger partial charge in [-0.1, -0.05) is 12.1 Å². The Morgan fingerprint density at radius 2 is 2.10 bits per heavy atom. The molecule has 29 heavy (non-hydrogen) atoms. The van der Waals surface area contributed by atoms with Gasteiger partial charge in [-0.3, -0.25) is 4.79 Å². The third-order valence-corrected chi connectivity index (χ3v) is 4.86. The van der Waals surface area contributed by atoms with Crippen molar-refractivity contribution in [3.63, 3.8) is 0 Å². The highest BCUT2D eigenvalue weighted by atomic mass is 19.1. The summed E-state index contributed by atoms with van der Waals surface area (Å²) >= 11 is 0. The van der Waals surface area contributed by atoms with E-state index >= 15 is 0 Å². The minimum atomic E-state index is -1.06. The van der Waals surface area contributed by atoms with Gasteiger partial charge >= 0.3 is 0 Å². The first-order valence-corrected chi connectivity index (χ1v) is 9.35. The number of nitrogens with zero attached hydrogens (tertiary/aromatic N) is 2. The van der Waals surface area contributed by atoms with E-state index in [0.29, 0.717) is 35.8 Å². The van der Waals surface area contributed by atoms with Crippen LogP contribution in [0.25, 0.3) is 16.8 Å². The summed E-state index contributed by atoms with van der Waals surface area (Å²) in [4.78, 5) is 16.2. The van der Waals surface area contributed by atoms with Crippen molar-refractivity contribution >= 4 is 17.4 Å². The lowest BCUT2D eigenvalue weighted by Gasteiger charge is -2.12. The fourth-order valence-electron chi connectivity index (χ4n) is 3.16. The van der Waals surface area contributed by atoms with Crippen LogP contribution < -0.4 is 5.32 Å². The van der Waals surface area contributed by atoms with Crippen LogP contribution in [0.4, 0.5) is 14.6 Å². The SMILES string of the molecule is COCCOCc1c(F)cccc1-c1ccc2nc(NC(=O)C3CC3F)cn2c1. The number of anilines is 1. The zero-order valence-corrected chi connectivity index (χ0v) is 15.9. The number of alkyl halides is 1. The Hall–Kier alpha value is -2.84. The minimum Gasteiger partial charge on any atom is -0.382 e. The molecular weight excluding hydrogens is 380 g/mol. The molecule has 1 N–H and O–H groups in total. The van der Waals surface area contributed by atoms with Gasteiger partial charge in [0, 0.05) is 18.9 Å². The molecule has 2 unspecified atom stereocenters. The van der Waals surface area contributed by atoms with Crippen molar-refractivity contribution in [1.29, 1.82) is 0 Å². The first-order valence-electron chi connectivity index (χ1n) is 9.35. The lowest BCUT2D eigenvalue weighted by atomic mass is 10.0. The van der Waals surface area contributed by atoms with E-state index in [9.17, 15) is 13.6 Å². The lowest BCUT2D eigenvalue weighted by Crippen LogP contribution is -2.15. The second-order valence-electron chi connectivity index (χ2n) is 6.97. The first kappa shape index (κ1) is 19.5. The molecule has 0 radical (unpaired) electrons. The fourth-order valence-corrected chi connectivity index (χ4v) is 3.16. The monoisotopic (exact) mass is 401 g/mol. The number of benzene rings is 1. The Kier molecular flexibility index (Phi) is 5.55. The van der Waals surface area contributed by atoms with Gasteiger partial charge in [0.2, 0.25) is 5.91 Å². The summed E-state index contributed by atoms with van der Waals surface area (Å²) in [5, 5.41) is 2.64. The molecule has 0 spiro atoms. The molecule has 2 aromatic heterocycles. The van der Waals surface area contributed by atoms with Crippen LogP contribution >= 0.6 is 0 Å². The molecular formula is C21H21F2N3O3. The Bertz CT molecular complexity index is 1040. The molecule has 1 fully saturated rings. The number of carbonyl (C=O) groups is 1. The van der Waals surface area contributed by atoms with Gasteiger partial charge in [-0.05, 0) is 35.7 Å². The molecule has 2 heterocycles. The van der Waals surface area contributed by atoms with E-state index in [4.69, 9.17) is 9.47 Å². The number of hydrogen-bond acceptors (Lipinski definition) is 4. The van der Waals surface area contributed by atoms with Crippen LogP contribution in [0.2, 0.25) is 0 Å². The average molecular weight is 401 g/mol. The lowest BCUT2D eigenvalue weighted by molar-refractivity contribution is -0.117. The maximum atomic E-state index is 14.4. The number of carbonyl (C=O) groups excluding carboxylic acids is 1. The normalized spacial score (nSPS) is 18.2.